The fourth-order valence-electron chi connectivity index (χ4n) is 4.57. The van der Waals surface area contributed by atoms with E-state index in [4.69, 9.17) is 23.7 Å². The van der Waals surface area contributed by atoms with Crippen LogP contribution in [0.3, 0.4) is 0 Å². The van der Waals surface area contributed by atoms with Gasteiger partial charge in [-0.3, -0.25) is 9.62 Å². The number of aromatic nitrogens is 1. The third-order valence-corrected chi connectivity index (χ3v) is 7.50. The molecule has 2 aliphatic rings. The SMILES string of the molecule is COCCS(=O)(=O)Nc1cc(-c2cc3c(c(OC[C@H]4CN(CC(C)(C)O)CCO4)c2)COC3)cnc1OC. The summed E-state index contributed by atoms with van der Waals surface area (Å²) in [5, 5.41) is 10.2. The molecule has 1 aromatic heterocycles. The summed E-state index contributed by atoms with van der Waals surface area (Å²) >= 11 is 0. The number of β-amino-alcohol motifs (C(OH)–C–C–N with tert-alkyl or cyclic N) is 1. The van der Waals surface area contributed by atoms with Crippen LogP contribution in [0.5, 0.6) is 11.6 Å². The van der Waals surface area contributed by atoms with E-state index in [0.29, 0.717) is 50.8 Å². The van der Waals surface area contributed by atoms with Gasteiger partial charge in [-0.05, 0) is 43.2 Å². The third-order valence-electron chi connectivity index (χ3n) is 6.26. The first-order chi connectivity index (χ1) is 18.1. The van der Waals surface area contributed by atoms with Gasteiger partial charge in [0.05, 0.1) is 44.9 Å². The van der Waals surface area contributed by atoms with Gasteiger partial charge >= 0.3 is 0 Å². The smallest absolute Gasteiger partial charge is 0.238 e. The van der Waals surface area contributed by atoms with Gasteiger partial charge in [0, 0.05) is 44.1 Å². The first-order valence-electron chi connectivity index (χ1n) is 12.5. The summed E-state index contributed by atoms with van der Waals surface area (Å²) in [6.45, 7) is 7.49. The molecule has 0 aliphatic carbocycles. The van der Waals surface area contributed by atoms with E-state index in [1.807, 2.05) is 12.1 Å². The first kappa shape index (κ1) is 28.5. The van der Waals surface area contributed by atoms with E-state index in [0.717, 1.165) is 23.2 Å². The van der Waals surface area contributed by atoms with Crippen LogP contribution in [0.15, 0.2) is 24.4 Å². The van der Waals surface area contributed by atoms with Crippen LogP contribution in [0.4, 0.5) is 5.69 Å². The van der Waals surface area contributed by atoms with E-state index < -0.39 is 15.6 Å². The van der Waals surface area contributed by atoms with Crippen LogP contribution in [0, 0.1) is 0 Å². The van der Waals surface area contributed by atoms with Gasteiger partial charge < -0.3 is 28.8 Å². The fourth-order valence-corrected chi connectivity index (χ4v) is 5.54. The van der Waals surface area contributed by atoms with Crippen molar-refractivity contribution in [2.75, 3.05) is 64.1 Å². The van der Waals surface area contributed by atoms with Gasteiger partial charge in [-0.2, -0.15) is 0 Å². The van der Waals surface area contributed by atoms with Crippen molar-refractivity contribution in [2.24, 2.45) is 0 Å². The number of sulfonamides is 1. The minimum absolute atomic E-state index is 0.0660. The maximum atomic E-state index is 12.5. The number of anilines is 1. The van der Waals surface area contributed by atoms with Crippen molar-refractivity contribution >= 4 is 15.7 Å². The van der Waals surface area contributed by atoms with Crippen LogP contribution in [0.1, 0.15) is 25.0 Å². The highest BCUT2D eigenvalue weighted by Crippen LogP contribution is 2.37. The van der Waals surface area contributed by atoms with Gasteiger partial charge in [0.25, 0.3) is 0 Å². The fraction of sp³-hybridized carbons (Fsp3) is 0.577. The molecule has 0 unspecified atom stereocenters. The van der Waals surface area contributed by atoms with Crippen LogP contribution < -0.4 is 14.2 Å². The van der Waals surface area contributed by atoms with E-state index in [-0.39, 0.29) is 30.0 Å². The number of rotatable bonds is 12. The molecule has 11 nitrogen and oxygen atoms in total. The number of hydrogen-bond acceptors (Lipinski definition) is 10. The summed E-state index contributed by atoms with van der Waals surface area (Å²) in [6.07, 6.45) is 1.50. The van der Waals surface area contributed by atoms with E-state index in [1.165, 1.54) is 14.2 Å². The molecule has 0 radical (unpaired) electrons. The predicted octanol–water partition coefficient (Wildman–Crippen LogP) is 2.03. The number of methoxy groups -OCH3 is 2. The number of aliphatic hydroxyl groups is 1. The predicted molar refractivity (Wildman–Crippen MR) is 142 cm³/mol. The number of benzene rings is 1. The molecule has 2 N–H and O–H groups in total. The summed E-state index contributed by atoms with van der Waals surface area (Å²) in [7, 11) is -0.776. The second kappa shape index (κ2) is 12.1. The largest absolute Gasteiger partial charge is 0.490 e. The van der Waals surface area contributed by atoms with E-state index >= 15 is 0 Å². The maximum absolute atomic E-state index is 12.5. The zero-order valence-corrected chi connectivity index (χ0v) is 23.2. The Balaban J connectivity index is 1.54. The molecule has 0 saturated carbocycles. The quantitative estimate of drug-likeness (QED) is 0.404. The zero-order valence-electron chi connectivity index (χ0n) is 22.4. The molecular formula is C26H37N3O8S. The Bertz CT molecular complexity index is 1220. The Morgan fingerprint density at radius 1 is 1.21 bits per heavy atom. The summed E-state index contributed by atoms with van der Waals surface area (Å²) < 4.78 is 55.6. The van der Waals surface area contributed by atoms with Crippen molar-refractivity contribution in [3.63, 3.8) is 0 Å². The average molecular weight is 552 g/mol. The molecule has 1 aromatic carbocycles. The van der Waals surface area contributed by atoms with Crippen molar-refractivity contribution in [1.82, 2.24) is 9.88 Å². The summed E-state index contributed by atoms with van der Waals surface area (Å²) in [5.41, 5.74) is 2.95. The van der Waals surface area contributed by atoms with E-state index in [2.05, 4.69) is 14.6 Å². The molecule has 0 amide bonds. The first-order valence-corrected chi connectivity index (χ1v) is 14.2. The third kappa shape index (κ3) is 7.55. The molecule has 1 atom stereocenters. The molecule has 210 valence electrons. The monoisotopic (exact) mass is 551 g/mol. The Labute approximate surface area is 224 Å². The normalized spacial score (nSPS) is 18.3. The van der Waals surface area contributed by atoms with Gasteiger partial charge in [-0.25, -0.2) is 13.4 Å². The molecule has 4 rings (SSSR count). The standard InChI is InChI=1S/C26H37N3O8S/c1-26(2,30)17-29-5-6-36-21(13-29)15-37-24-11-18(9-20-14-35-16-22(20)24)19-10-23(25(34-4)27-12-19)28-38(31,32)8-7-33-3/h9-12,21,28,30H,5-8,13-17H2,1-4H3/t21-/m1/s1. The lowest BCUT2D eigenvalue weighted by Crippen LogP contribution is -2.49. The number of ether oxygens (including phenoxy) is 5. The Morgan fingerprint density at radius 3 is 2.76 bits per heavy atom. The van der Waals surface area contributed by atoms with Crippen LogP contribution in [0.2, 0.25) is 0 Å². The second-order valence-corrected chi connectivity index (χ2v) is 12.0. The van der Waals surface area contributed by atoms with Gasteiger partial charge in [-0.15, -0.1) is 0 Å². The highest BCUT2D eigenvalue weighted by atomic mass is 32.2. The number of pyridine rings is 1. The highest BCUT2D eigenvalue weighted by Gasteiger charge is 2.27. The number of hydrogen-bond donors (Lipinski definition) is 2. The van der Waals surface area contributed by atoms with Gasteiger partial charge in [0.1, 0.15) is 24.1 Å². The summed E-state index contributed by atoms with van der Waals surface area (Å²) in [5.74, 6) is 0.665. The van der Waals surface area contributed by atoms with Crippen LogP contribution in [-0.2, 0) is 37.4 Å². The van der Waals surface area contributed by atoms with Crippen molar-refractivity contribution in [2.45, 2.75) is 38.8 Å². The second-order valence-electron chi connectivity index (χ2n) is 10.2. The average Bonchev–Trinajstić information content (AvgIpc) is 3.34. The molecule has 0 spiro atoms. The Hall–Kier alpha value is -2.48. The topological polar surface area (TPSA) is 129 Å². The highest BCUT2D eigenvalue weighted by molar-refractivity contribution is 7.92. The summed E-state index contributed by atoms with van der Waals surface area (Å²) in [6, 6.07) is 5.61. The van der Waals surface area contributed by atoms with Crippen molar-refractivity contribution in [3.8, 4) is 22.8 Å². The molecule has 2 aliphatic heterocycles. The lowest BCUT2D eigenvalue weighted by molar-refractivity contribution is -0.0685. The molecule has 12 heteroatoms. The number of morpholine rings is 1. The number of nitrogens with one attached hydrogen (secondary N) is 1. The van der Waals surface area contributed by atoms with Crippen LogP contribution in [-0.4, -0.2) is 94.5 Å². The molecule has 1 fully saturated rings. The lowest BCUT2D eigenvalue weighted by Gasteiger charge is -2.36. The molecule has 2 aromatic rings. The molecular weight excluding hydrogens is 514 g/mol. The molecule has 1 saturated heterocycles. The number of fused-ring (bicyclic) bond motifs is 1. The Morgan fingerprint density at radius 2 is 2.03 bits per heavy atom. The molecule has 38 heavy (non-hydrogen) atoms. The minimum Gasteiger partial charge on any atom is -0.490 e. The molecule has 0 bridgehead atoms. The maximum Gasteiger partial charge on any atom is 0.238 e. The van der Waals surface area contributed by atoms with Crippen LogP contribution >= 0.6 is 0 Å². The van der Waals surface area contributed by atoms with Crippen molar-refractivity contribution in [1.29, 1.82) is 0 Å². The van der Waals surface area contributed by atoms with Crippen molar-refractivity contribution < 1.29 is 37.2 Å². The number of nitrogens with zero attached hydrogens (tertiary/aromatic N) is 2. The van der Waals surface area contributed by atoms with Gasteiger partial charge in [0.2, 0.25) is 15.9 Å². The van der Waals surface area contributed by atoms with Gasteiger partial charge in [0.15, 0.2) is 0 Å². The molecule has 3 heterocycles. The summed E-state index contributed by atoms with van der Waals surface area (Å²) in [4.78, 5) is 6.50. The van der Waals surface area contributed by atoms with Crippen molar-refractivity contribution in [3.05, 3.63) is 35.5 Å². The zero-order chi connectivity index (χ0) is 27.3. The van der Waals surface area contributed by atoms with Crippen LogP contribution in [0.25, 0.3) is 11.1 Å². The minimum atomic E-state index is -3.66. The van der Waals surface area contributed by atoms with E-state index in [9.17, 15) is 13.5 Å². The van der Waals surface area contributed by atoms with Gasteiger partial charge in [-0.1, -0.05) is 0 Å². The lowest BCUT2D eigenvalue weighted by atomic mass is 10.0. The Kier molecular flexibility index (Phi) is 9.11. The van der Waals surface area contributed by atoms with E-state index in [1.54, 1.807) is 26.1 Å².